The number of piperidine rings is 1. The van der Waals surface area contributed by atoms with E-state index in [9.17, 15) is 13.2 Å². The van der Waals surface area contributed by atoms with Crippen LogP contribution in [0, 0.1) is 12.8 Å². The number of sulfonamides is 1. The minimum Gasteiger partial charge on any atom is -0.273 e. The number of carbonyl (C=O) groups excluding carboxylic acids is 1. The molecule has 0 aromatic heterocycles. The smallest absolute Gasteiger partial charge is 0.243 e. The normalized spacial score (nSPS) is 16.5. The van der Waals surface area contributed by atoms with Crippen molar-refractivity contribution in [2.24, 2.45) is 11.0 Å². The third-order valence-corrected chi connectivity index (χ3v) is 7.56. The number of hydrazone groups is 1. The molecular formula is C24H31N3O3S. The van der Waals surface area contributed by atoms with Crippen LogP contribution < -0.4 is 5.43 Å². The van der Waals surface area contributed by atoms with E-state index in [4.69, 9.17) is 0 Å². The molecule has 1 aliphatic heterocycles. The molecule has 1 aliphatic rings. The Morgan fingerprint density at radius 2 is 1.61 bits per heavy atom. The van der Waals surface area contributed by atoms with E-state index in [1.165, 1.54) is 9.87 Å². The number of amides is 1. The summed E-state index contributed by atoms with van der Waals surface area (Å²) in [5, 5.41) is 4.08. The highest BCUT2D eigenvalue weighted by Gasteiger charge is 2.32. The molecular weight excluding hydrogens is 410 g/mol. The maximum Gasteiger partial charge on any atom is 0.243 e. The SMILES string of the molecule is Cc1ccc(S(=O)(=O)N2CCC(C(=O)N/N=C/c3ccc(C(C)(C)C)cc3)CC2)cc1. The van der Waals surface area contributed by atoms with Crippen molar-refractivity contribution in [2.75, 3.05) is 13.1 Å². The fourth-order valence-electron chi connectivity index (χ4n) is 3.55. The molecule has 1 N–H and O–H groups in total. The van der Waals surface area contributed by atoms with Gasteiger partial charge < -0.3 is 0 Å². The molecule has 1 heterocycles. The van der Waals surface area contributed by atoms with Crippen molar-refractivity contribution >= 4 is 22.1 Å². The first-order valence-corrected chi connectivity index (χ1v) is 12.0. The Morgan fingerprint density at radius 3 is 2.16 bits per heavy atom. The minimum absolute atomic E-state index is 0.0890. The van der Waals surface area contributed by atoms with E-state index >= 15 is 0 Å². The van der Waals surface area contributed by atoms with E-state index in [-0.39, 0.29) is 17.2 Å². The molecule has 7 heteroatoms. The average Bonchev–Trinajstić information content (AvgIpc) is 2.74. The molecule has 0 bridgehead atoms. The van der Waals surface area contributed by atoms with Crippen molar-refractivity contribution < 1.29 is 13.2 Å². The van der Waals surface area contributed by atoms with Crippen LogP contribution in [0.2, 0.25) is 0 Å². The Balaban J connectivity index is 1.52. The summed E-state index contributed by atoms with van der Waals surface area (Å²) in [6.45, 7) is 9.05. The van der Waals surface area contributed by atoms with Crippen LogP contribution >= 0.6 is 0 Å². The van der Waals surface area contributed by atoms with Crippen molar-refractivity contribution in [3.8, 4) is 0 Å². The van der Waals surface area contributed by atoms with Crippen molar-refractivity contribution in [3.05, 3.63) is 65.2 Å². The first-order chi connectivity index (χ1) is 14.6. The van der Waals surface area contributed by atoms with Gasteiger partial charge in [-0.2, -0.15) is 9.41 Å². The zero-order valence-electron chi connectivity index (χ0n) is 18.6. The number of rotatable bonds is 5. The summed E-state index contributed by atoms with van der Waals surface area (Å²) in [7, 11) is -3.52. The van der Waals surface area contributed by atoms with E-state index < -0.39 is 10.0 Å². The van der Waals surface area contributed by atoms with Gasteiger partial charge in [-0.05, 0) is 48.4 Å². The van der Waals surface area contributed by atoms with E-state index in [2.05, 4.69) is 43.4 Å². The number of nitrogens with one attached hydrogen (secondary N) is 1. The lowest BCUT2D eigenvalue weighted by Gasteiger charge is -2.30. The highest BCUT2D eigenvalue weighted by molar-refractivity contribution is 7.89. The third kappa shape index (κ3) is 5.80. The predicted molar refractivity (Wildman–Crippen MR) is 124 cm³/mol. The standard InChI is InChI=1S/C24H31N3O3S/c1-18-5-11-22(12-6-18)31(29,30)27-15-13-20(14-16-27)23(28)26-25-17-19-7-9-21(10-8-19)24(2,3)4/h5-12,17,20H,13-16H2,1-4H3,(H,26,28)/b25-17+. The summed E-state index contributed by atoms with van der Waals surface area (Å²) in [5.41, 5.74) is 5.85. The summed E-state index contributed by atoms with van der Waals surface area (Å²) in [5.74, 6) is -0.417. The van der Waals surface area contributed by atoms with Crippen LogP contribution in [0.15, 0.2) is 58.5 Å². The molecule has 1 fully saturated rings. The molecule has 0 atom stereocenters. The van der Waals surface area contributed by atoms with Crippen molar-refractivity contribution in [1.82, 2.24) is 9.73 Å². The molecule has 2 aromatic rings. The summed E-state index contributed by atoms with van der Waals surface area (Å²) < 4.78 is 27.0. The molecule has 0 radical (unpaired) electrons. The predicted octanol–water partition coefficient (Wildman–Crippen LogP) is 3.84. The van der Waals surface area contributed by atoms with Gasteiger partial charge in [0.25, 0.3) is 0 Å². The maximum absolute atomic E-state index is 12.8. The summed E-state index contributed by atoms with van der Waals surface area (Å²) in [6, 6.07) is 14.9. The van der Waals surface area contributed by atoms with Crippen LogP contribution in [-0.4, -0.2) is 37.9 Å². The number of carbonyl (C=O) groups is 1. The van der Waals surface area contributed by atoms with Gasteiger partial charge in [0.2, 0.25) is 15.9 Å². The number of nitrogens with zero attached hydrogens (tertiary/aromatic N) is 2. The van der Waals surface area contributed by atoms with Gasteiger partial charge in [-0.25, -0.2) is 13.8 Å². The lowest BCUT2D eigenvalue weighted by Crippen LogP contribution is -2.42. The monoisotopic (exact) mass is 441 g/mol. The van der Waals surface area contributed by atoms with Crippen LogP contribution in [-0.2, 0) is 20.2 Å². The lowest BCUT2D eigenvalue weighted by atomic mass is 9.87. The van der Waals surface area contributed by atoms with E-state index in [1.807, 2.05) is 19.1 Å². The minimum atomic E-state index is -3.52. The highest BCUT2D eigenvalue weighted by Crippen LogP contribution is 2.24. The van der Waals surface area contributed by atoms with Gasteiger partial charge in [0.05, 0.1) is 11.1 Å². The number of aryl methyl sites for hydroxylation is 1. The maximum atomic E-state index is 12.8. The number of hydrogen-bond acceptors (Lipinski definition) is 4. The van der Waals surface area contributed by atoms with Gasteiger partial charge in [-0.3, -0.25) is 4.79 Å². The van der Waals surface area contributed by atoms with E-state index in [0.29, 0.717) is 30.8 Å². The highest BCUT2D eigenvalue weighted by atomic mass is 32.2. The molecule has 0 aliphatic carbocycles. The molecule has 6 nitrogen and oxygen atoms in total. The van der Waals surface area contributed by atoms with E-state index in [0.717, 1.165) is 11.1 Å². The zero-order chi connectivity index (χ0) is 22.6. The van der Waals surface area contributed by atoms with Crippen LogP contribution in [0.5, 0.6) is 0 Å². The lowest BCUT2D eigenvalue weighted by molar-refractivity contribution is -0.126. The fraction of sp³-hybridized carbons (Fsp3) is 0.417. The Labute approximate surface area is 185 Å². The van der Waals surface area contributed by atoms with Crippen LogP contribution in [0.3, 0.4) is 0 Å². The van der Waals surface area contributed by atoms with Crippen LogP contribution in [0.4, 0.5) is 0 Å². The quantitative estimate of drug-likeness (QED) is 0.566. The summed E-state index contributed by atoms with van der Waals surface area (Å²) in [4.78, 5) is 12.7. The molecule has 31 heavy (non-hydrogen) atoms. The van der Waals surface area contributed by atoms with Gasteiger partial charge in [0.1, 0.15) is 0 Å². The first-order valence-electron chi connectivity index (χ1n) is 10.6. The first kappa shape index (κ1) is 23.2. The Bertz CT molecular complexity index is 1030. The van der Waals surface area contributed by atoms with Gasteiger partial charge in [0, 0.05) is 19.0 Å². The van der Waals surface area contributed by atoms with Crippen molar-refractivity contribution in [3.63, 3.8) is 0 Å². The molecule has 0 spiro atoms. The van der Waals surface area contributed by atoms with Crippen molar-refractivity contribution in [1.29, 1.82) is 0 Å². The molecule has 2 aromatic carbocycles. The second kappa shape index (κ2) is 9.32. The zero-order valence-corrected chi connectivity index (χ0v) is 19.4. The Morgan fingerprint density at radius 1 is 1.03 bits per heavy atom. The topological polar surface area (TPSA) is 78.8 Å². The fourth-order valence-corrected chi connectivity index (χ4v) is 5.02. The van der Waals surface area contributed by atoms with E-state index in [1.54, 1.807) is 30.5 Å². The molecule has 3 rings (SSSR count). The molecule has 1 amide bonds. The molecule has 1 saturated heterocycles. The van der Waals surface area contributed by atoms with Crippen LogP contribution in [0.25, 0.3) is 0 Å². The Hall–Kier alpha value is -2.51. The van der Waals surface area contributed by atoms with Crippen molar-refractivity contribution in [2.45, 2.75) is 50.8 Å². The second-order valence-corrected chi connectivity index (χ2v) is 11.0. The summed E-state index contributed by atoms with van der Waals surface area (Å²) in [6.07, 6.45) is 2.58. The largest absolute Gasteiger partial charge is 0.273 e. The van der Waals surface area contributed by atoms with Gasteiger partial charge in [-0.15, -0.1) is 0 Å². The van der Waals surface area contributed by atoms with Gasteiger partial charge in [0.15, 0.2) is 0 Å². The second-order valence-electron chi connectivity index (χ2n) is 9.10. The van der Waals surface area contributed by atoms with Gasteiger partial charge >= 0.3 is 0 Å². The molecule has 0 unspecified atom stereocenters. The third-order valence-electron chi connectivity index (χ3n) is 5.65. The number of benzene rings is 2. The molecule has 166 valence electrons. The van der Waals surface area contributed by atoms with Gasteiger partial charge in [-0.1, -0.05) is 62.7 Å². The number of hydrogen-bond donors (Lipinski definition) is 1. The van der Waals surface area contributed by atoms with Crippen LogP contribution in [0.1, 0.15) is 50.3 Å². The summed E-state index contributed by atoms with van der Waals surface area (Å²) >= 11 is 0. The Kier molecular flexibility index (Phi) is 6.96. The average molecular weight is 442 g/mol. The molecule has 0 saturated carbocycles.